The van der Waals surface area contributed by atoms with Crippen LogP contribution in [0.3, 0.4) is 0 Å². The molecule has 2 aliphatic rings. The Morgan fingerprint density at radius 2 is 2.40 bits per heavy atom. The molecular formula is C7H12OS2. The summed E-state index contributed by atoms with van der Waals surface area (Å²) in [5.41, 5.74) is 0. The number of hydrogen-bond donors (Lipinski definition) is 0. The van der Waals surface area contributed by atoms with Crippen LogP contribution in [0.4, 0.5) is 0 Å². The van der Waals surface area contributed by atoms with E-state index in [2.05, 4.69) is 6.92 Å². The first kappa shape index (κ1) is 7.32. The van der Waals surface area contributed by atoms with Gasteiger partial charge < -0.3 is 4.74 Å². The third kappa shape index (κ3) is 2.07. The molecule has 10 heavy (non-hydrogen) atoms. The van der Waals surface area contributed by atoms with Gasteiger partial charge in [0, 0.05) is 21.5 Å². The van der Waals surface area contributed by atoms with Gasteiger partial charge in [-0.15, -0.1) is 0 Å². The number of ether oxygens (including phenoxy) is 1. The Morgan fingerprint density at radius 1 is 1.70 bits per heavy atom. The summed E-state index contributed by atoms with van der Waals surface area (Å²) in [6.07, 6.45) is 0. The second kappa shape index (κ2) is 2.61. The lowest BCUT2D eigenvalue weighted by Gasteiger charge is -2.05. The van der Waals surface area contributed by atoms with E-state index in [0.29, 0.717) is 4.75 Å². The summed E-state index contributed by atoms with van der Waals surface area (Å²) >= 11 is 4.02. The zero-order valence-corrected chi connectivity index (χ0v) is 7.76. The second-order valence-corrected chi connectivity index (χ2v) is 6.11. The van der Waals surface area contributed by atoms with Gasteiger partial charge in [-0.05, 0) is 6.92 Å². The van der Waals surface area contributed by atoms with E-state index in [9.17, 15) is 0 Å². The fraction of sp³-hybridized carbons (Fsp3) is 1.00. The van der Waals surface area contributed by atoms with Gasteiger partial charge in [0.15, 0.2) is 0 Å². The molecule has 0 aromatic heterocycles. The smallest absolute Gasteiger partial charge is 0.0619 e. The Morgan fingerprint density at radius 3 is 2.90 bits per heavy atom. The molecule has 2 saturated heterocycles. The highest BCUT2D eigenvalue weighted by molar-refractivity contribution is 8.07. The Hall–Kier alpha value is 0.660. The maximum atomic E-state index is 5.54. The average Bonchev–Trinajstić information content (AvgIpc) is 2.70. The van der Waals surface area contributed by atoms with E-state index in [1.165, 1.54) is 11.5 Å². The number of thioether (sulfide) groups is 2. The molecule has 0 N–H and O–H groups in total. The first-order chi connectivity index (χ1) is 4.79. The summed E-state index contributed by atoms with van der Waals surface area (Å²) in [4.78, 5) is 0. The SMILES string of the molecule is CC1(COCC2CS2)CS1. The Kier molecular flexibility index (Phi) is 1.91. The minimum atomic E-state index is 0.500. The Bertz CT molecular complexity index is 130. The van der Waals surface area contributed by atoms with E-state index >= 15 is 0 Å². The number of hydrogen-bond acceptors (Lipinski definition) is 3. The molecule has 58 valence electrons. The molecule has 2 fully saturated rings. The standard InChI is InChI=1S/C7H12OS2/c1-7(5-10-7)4-8-2-6-3-9-6/h6H,2-5H2,1H3. The van der Waals surface area contributed by atoms with E-state index in [4.69, 9.17) is 4.74 Å². The third-order valence-electron chi connectivity index (χ3n) is 1.75. The van der Waals surface area contributed by atoms with Crippen molar-refractivity contribution in [1.29, 1.82) is 0 Å². The largest absolute Gasteiger partial charge is 0.379 e. The van der Waals surface area contributed by atoms with Crippen LogP contribution in [0.1, 0.15) is 6.92 Å². The van der Waals surface area contributed by atoms with Gasteiger partial charge in [-0.25, -0.2) is 0 Å². The second-order valence-electron chi connectivity index (χ2n) is 3.21. The molecule has 0 bridgehead atoms. The topological polar surface area (TPSA) is 9.23 Å². The molecule has 0 aliphatic carbocycles. The molecule has 0 radical (unpaired) electrons. The molecule has 0 amide bonds. The summed E-state index contributed by atoms with van der Waals surface area (Å²) in [6, 6.07) is 0. The lowest BCUT2D eigenvalue weighted by Crippen LogP contribution is -2.14. The van der Waals surface area contributed by atoms with E-state index in [1.54, 1.807) is 0 Å². The minimum absolute atomic E-state index is 0.500. The summed E-state index contributed by atoms with van der Waals surface area (Å²) in [5, 5.41) is 0.840. The molecule has 3 heteroatoms. The van der Waals surface area contributed by atoms with E-state index in [1.807, 2.05) is 23.5 Å². The van der Waals surface area contributed by atoms with Crippen LogP contribution < -0.4 is 0 Å². The van der Waals surface area contributed by atoms with Gasteiger partial charge in [-0.3, -0.25) is 0 Å². The van der Waals surface area contributed by atoms with Gasteiger partial charge in [0.05, 0.1) is 13.2 Å². The van der Waals surface area contributed by atoms with Crippen LogP contribution in [0.15, 0.2) is 0 Å². The van der Waals surface area contributed by atoms with Crippen molar-refractivity contribution in [3.63, 3.8) is 0 Å². The van der Waals surface area contributed by atoms with E-state index < -0.39 is 0 Å². The maximum absolute atomic E-state index is 5.54. The van der Waals surface area contributed by atoms with Crippen molar-refractivity contribution in [2.24, 2.45) is 0 Å². The summed E-state index contributed by atoms with van der Waals surface area (Å²) in [5.74, 6) is 2.62. The maximum Gasteiger partial charge on any atom is 0.0619 e. The predicted octanol–water partition coefficient (Wildman–Crippen LogP) is 1.62. The lowest BCUT2D eigenvalue weighted by molar-refractivity contribution is 0.133. The molecule has 1 nitrogen and oxygen atoms in total. The molecule has 2 aliphatic heterocycles. The van der Waals surface area contributed by atoms with Gasteiger partial charge in [0.1, 0.15) is 0 Å². The van der Waals surface area contributed by atoms with Crippen LogP contribution >= 0.6 is 23.5 Å². The van der Waals surface area contributed by atoms with Crippen molar-refractivity contribution in [3.8, 4) is 0 Å². The van der Waals surface area contributed by atoms with Crippen molar-refractivity contribution in [2.45, 2.75) is 16.9 Å². The quantitative estimate of drug-likeness (QED) is 0.602. The summed E-state index contributed by atoms with van der Waals surface area (Å²) in [6.45, 7) is 4.23. The van der Waals surface area contributed by atoms with Crippen LogP contribution in [0, 0.1) is 0 Å². The summed E-state index contributed by atoms with van der Waals surface area (Å²) < 4.78 is 6.04. The first-order valence-corrected chi connectivity index (χ1v) is 5.65. The molecule has 2 heterocycles. The monoisotopic (exact) mass is 176 g/mol. The third-order valence-corrected chi connectivity index (χ3v) is 4.08. The van der Waals surface area contributed by atoms with Crippen LogP contribution in [-0.4, -0.2) is 34.7 Å². The van der Waals surface area contributed by atoms with Crippen LogP contribution in [0.2, 0.25) is 0 Å². The normalized spacial score (nSPS) is 43.5. The first-order valence-electron chi connectivity index (χ1n) is 3.62. The Balaban J connectivity index is 1.54. The van der Waals surface area contributed by atoms with Gasteiger partial charge in [-0.2, -0.15) is 23.5 Å². The Labute approximate surface area is 70.3 Å². The highest BCUT2D eigenvalue weighted by Crippen LogP contribution is 2.44. The highest BCUT2D eigenvalue weighted by Gasteiger charge is 2.39. The molecule has 2 atom stereocenters. The zero-order valence-electron chi connectivity index (χ0n) is 6.13. The number of rotatable bonds is 4. The fourth-order valence-corrected chi connectivity index (χ4v) is 1.70. The van der Waals surface area contributed by atoms with Crippen LogP contribution in [0.25, 0.3) is 0 Å². The summed E-state index contributed by atoms with van der Waals surface area (Å²) in [7, 11) is 0. The van der Waals surface area contributed by atoms with Crippen LogP contribution in [-0.2, 0) is 4.74 Å². The predicted molar refractivity (Wildman–Crippen MR) is 47.9 cm³/mol. The molecule has 0 aromatic carbocycles. The van der Waals surface area contributed by atoms with Crippen LogP contribution in [0.5, 0.6) is 0 Å². The molecule has 0 saturated carbocycles. The van der Waals surface area contributed by atoms with E-state index in [0.717, 1.165) is 18.5 Å². The van der Waals surface area contributed by atoms with Crippen molar-refractivity contribution >= 4 is 23.5 Å². The zero-order chi connectivity index (χ0) is 7.03. The molecular weight excluding hydrogens is 164 g/mol. The van der Waals surface area contributed by atoms with Gasteiger partial charge in [0.2, 0.25) is 0 Å². The van der Waals surface area contributed by atoms with Gasteiger partial charge in [0.25, 0.3) is 0 Å². The van der Waals surface area contributed by atoms with Gasteiger partial charge >= 0.3 is 0 Å². The molecule has 0 spiro atoms. The average molecular weight is 176 g/mol. The molecule has 0 aromatic rings. The molecule has 2 rings (SSSR count). The van der Waals surface area contributed by atoms with Crippen molar-refractivity contribution in [2.75, 3.05) is 24.7 Å². The molecule has 2 unspecified atom stereocenters. The minimum Gasteiger partial charge on any atom is -0.379 e. The van der Waals surface area contributed by atoms with Crippen molar-refractivity contribution in [1.82, 2.24) is 0 Å². The van der Waals surface area contributed by atoms with Crippen molar-refractivity contribution < 1.29 is 4.74 Å². The van der Waals surface area contributed by atoms with Crippen molar-refractivity contribution in [3.05, 3.63) is 0 Å². The fourth-order valence-electron chi connectivity index (χ4n) is 0.777. The highest BCUT2D eigenvalue weighted by atomic mass is 32.2. The van der Waals surface area contributed by atoms with E-state index in [-0.39, 0.29) is 0 Å². The lowest BCUT2D eigenvalue weighted by atomic mass is 10.2. The van der Waals surface area contributed by atoms with Gasteiger partial charge in [-0.1, -0.05) is 0 Å².